The first-order valence-corrected chi connectivity index (χ1v) is 6.82. The van der Waals surface area contributed by atoms with Gasteiger partial charge in [-0.3, -0.25) is 0 Å². The normalized spacial score (nSPS) is 19.7. The van der Waals surface area contributed by atoms with E-state index in [2.05, 4.69) is 16.9 Å². The molecule has 0 aromatic carbocycles. The molecule has 3 nitrogen and oxygen atoms in total. The summed E-state index contributed by atoms with van der Waals surface area (Å²) >= 11 is 7.04. The van der Waals surface area contributed by atoms with Crippen LogP contribution in [0.2, 0.25) is 0 Å². The summed E-state index contributed by atoms with van der Waals surface area (Å²) in [5, 5.41) is 0. The van der Waals surface area contributed by atoms with Gasteiger partial charge in [-0.2, -0.15) is 11.8 Å². The van der Waals surface area contributed by atoms with E-state index in [4.69, 9.17) is 18.0 Å². The zero-order valence-electron chi connectivity index (χ0n) is 9.22. The fraction of sp³-hybridized carbons (Fsp3) is 0.455. The van der Waals surface area contributed by atoms with Crippen molar-refractivity contribution < 1.29 is 0 Å². The van der Waals surface area contributed by atoms with Gasteiger partial charge >= 0.3 is 0 Å². The highest BCUT2D eigenvalue weighted by atomic mass is 32.2. The summed E-state index contributed by atoms with van der Waals surface area (Å²) in [7, 11) is 2.07. The molecule has 1 unspecified atom stereocenters. The van der Waals surface area contributed by atoms with Gasteiger partial charge in [-0.1, -0.05) is 12.2 Å². The topological polar surface area (TPSA) is 42.2 Å². The molecule has 5 heteroatoms. The maximum absolute atomic E-state index is 5.71. The molecular weight excluding hydrogens is 238 g/mol. The van der Waals surface area contributed by atoms with Crippen LogP contribution in [0.3, 0.4) is 0 Å². The Labute approximate surface area is 105 Å². The second-order valence-corrected chi connectivity index (χ2v) is 5.46. The van der Waals surface area contributed by atoms with Crippen molar-refractivity contribution in [1.29, 1.82) is 0 Å². The van der Waals surface area contributed by atoms with Gasteiger partial charge in [0, 0.05) is 25.0 Å². The fourth-order valence-corrected chi connectivity index (χ4v) is 3.30. The Hall–Kier alpha value is -0.810. The number of anilines is 1. The zero-order valence-corrected chi connectivity index (χ0v) is 10.9. The summed E-state index contributed by atoms with van der Waals surface area (Å²) in [5.74, 6) is 3.29. The van der Waals surface area contributed by atoms with Crippen LogP contribution in [0, 0.1) is 0 Å². The second kappa shape index (κ2) is 5.01. The van der Waals surface area contributed by atoms with Gasteiger partial charge in [0.2, 0.25) is 0 Å². The first-order valence-electron chi connectivity index (χ1n) is 5.25. The van der Waals surface area contributed by atoms with Gasteiger partial charge < -0.3 is 10.6 Å². The van der Waals surface area contributed by atoms with Crippen LogP contribution in [0.5, 0.6) is 0 Å². The lowest BCUT2D eigenvalue weighted by Crippen LogP contribution is -2.33. The van der Waals surface area contributed by atoms with Crippen LogP contribution in [0.4, 0.5) is 5.82 Å². The minimum absolute atomic E-state index is 0.417. The van der Waals surface area contributed by atoms with Gasteiger partial charge in [0.25, 0.3) is 0 Å². The number of rotatable bonds is 3. The van der Waals surface area contributed by atoms with Crippen molar-refractivity contribution in [2.24, 2.45) is 5.73 Å². The first-order chi connectivity index (χ1) is 7.70. The van der Waals surface area contributed by atoms with Crippen molar-refractivity contribution in [3.8, 4) is 0 Å². The van der Waals surface area contributed by atoms with Crippen molar-refractivity contribution in [2.45, 2.75) is 12.5 Å². The average Bonchev–Trinajstić information content (AvgIpc) is 2.81. The number of thioether (sulfide) groups is 1. The van der Waals surface area contributed by atoms with Crippen LogP contribution in [0.15, 0.2) is 18.3 Å². The third-order valence-corrected chi connectivity index (χ3v) is 4.20. The molecule has 2 N–H and O–H groups in total. The smallest absolute Gasteiger partial charge is 0.138 e. The number of hydrogen-bond acceptors (Lipinski definition) is 4. The molecule has 0 amide bonds. The van der Waals surface area contributed by atoms with Crippen molar-refractivity contribution in [3.05, 3.63) is 23.9 Å². The summed E-state index contributed by atoms with van der Waals surface area (Å²) in [6.45, 7) is 0. The number of thiocarbonyl (C=S) groups is 1. The summed E-state index contributed by atoms with van der Waals surface area (Å²) in [6.07, 6.45) is 2.99. The molecule has 1 aliphatic heterocycles. The van der Waals surface area contributed by atoms with Crippen molar-refractivity contribution in [2.75, 3.05) is 23.5 Å². The van der Waals surface area contributed by atoms with E-state index in [9.17, 15) is 0 Å². The van der Waals surface area contributed by atoms with Crippen LogP contribution >= 0.6 is 24.0 Å². The Morgan fingerprint density at radius 3 is 3.12 bits per heavy atom. The number of hydrogen-bond donors (Lipinski definition) is 1. The maximum atomic E-state index is 5.71. The zero-order chi connectivity index (χ0) is 11.5. The Bertz CT molecular complexity index is 389. The van der Waals surface area contributed by atoms with Crippen LogP contribution in [-0.2, 0) is 0 Å². The molecule has 1 atom stereocenters. The molecule has 0 bridgehead atoms. The van der Waals surface area contributed by atoms with Gasteiger partial charge in [-0.05, 0) is 24.3 Å². The molecule has 0 saturated carbocycles. The Kier molecular flexibility index (Phi) is 3.66. The Morgan fingerprint density at radius 2 is 2.50 bits per heavy atom. The number of nitrogens with two attached hydrogens (primary N) is 1. The highest BCUT2D eigenvalue weighted by Crippen LogP contribution is 2.26. The highest BCUT2D eigenvalue weighted by Gasteiger charge is 2.23. The fourth-order valence-electron chi connectivity index (χ4n) is 1.87. The molecule has 0 aliphatic carbocycles. The van der Waals surface area contributed by atoms with Crippen LogP contribution < -0.4 is 10.6 Å². The molecule has 0 spiro atoms. The largest absolute Gasteiger partial charge is 0.389 e. The lowest BCUT2D eigenvalue weighted by molar-refractivity contribution is 0.691. The van der Waals surface area contributed by atoms with E-state index in [1.54, 1.807) is 6.20 Å². The summed E-state index contributed by atoms with van der Waals surface area (Å²) in [6, 6.07) is 4.35. The molecular formula is C11H15N3S2. The monoisotopic (exact) mass is 253 g/mol. The van der Waals surface area contributed by atoms with Crippen molar-refractivity contribution >= 4 is 34.8 Å². The Morgan fingerprint density at radius 1 is 1.69 bits per heavy atom. The first kappa shape index (κ1) is 11.7. The van der Waals surface area contributed by atoms with Gasteiger partial charge in [-0.25, -0.2) is 4.98 Å². The summed E-state index contributed by atoms with van der Waals surface area (Å²) in [4.78, 5) is 7.01. The standard InChI is InChI=1S/C11H15N3S2/c1-14(8-4-6-16-7-8)11-9(10(12)15)3-2-5-13-11/h2-3,5,8H,4,6-7H2,1H3,(H2,12,15). The molecule has 16 heavy (non-hydrogen) atoms. The summed E-state index contributed by atoms with van der Waals surface area (Å²) in [5.41, 5.74) is 6.58. The van der Waals surface area contributed by atoms with Crippen LogP contribution in [-0.4, -0.2) is 34.6 Å². The molecule has 1 aliphatic rings. The molecule has 2 rings (SSSR count). The lowest BCUT2D eigenvalue weighted by Gasteiger charge is -2.26. The third-order valence-electron chi connectivity index (χ3n) is 2.84. The van der Waals surface area contributed by atoms with E-state index in [0.29, 0.717) is 11.0 Å². The highest BCUT2D eigenvalue weighted by molar-refractivity contribution is 7.99. The molecule has 1 fully saturated rings. The SMILES string of the molecule is CN(c1ncccc1C(N)=S)C1CCSC1. The van der Waals surface area contributed by atoms with E-state index in [1.807, 2.05) is 23.9 Å². The lowest BCUT2D eigenvalue weighted by atomic mass is 10.2. The van der Waals surface area contributed by atoms with Crippen molar-refractivity contribution in [1.82, 2.24) is 4.98 Å². The molecule has 2 heterocycles. The van der Waals surface area contributed by atoms with Gasteiger partial charge in [-0.15, -0.1) is 0 Å². The average molecular weight is 253 g/mol. The maximum Gasteiger partial charge on any atom is 0.138 e. The molecule has 0 radical (unpaired) electrons. The van der Waals surface area contributed by atoms with E-state index in [1.165, 1.54) is 12.2 Å². The number of nitrogens with zero attached hydrogens (tertiary/aromatic N) is 2. The molecule has 1 aromatic rings. The van der Waals surface area contributed by atoms with E-state index in [0.717, 1.165) is 17.1 Å². The van der Waals surface area contributed by atoms with Gasteiger partial charge in [0.1, 0.15) is 10.8 Å². The molecule has 86 valence electrons. The quantitative estimate of drug-likeness (QED) is 0.830. The molecule has 1 aromatic heterocycles. The van der Waals surface area contributed by atoms with E-state index >= 15 is 0 Å². The minimum atomic E-state index is 0.417. The number of pyridine rings is 1. The van der Waals surface area contributed by atoms with Crippen LogP contribution in [0.1, 0.15) is 12.0 Å². The van der Waals surface area contributed by atoms with Gasteiger partial charge in [0.15, 0.2) is 0 Å². The van der Waals surface area contributed by atoms with E-state index in [-0.39, 0.29) is 0 Å². The third kappa shape index (κ3) is 2.30. The molecule has 1 saturated heterocycles. The summed E-state index contributed by atoms with van der Waals surface area (Å²) < 4.78 is 0. The Balaban J connectivity index is 2.27. The predicted octanol–water partition coefficient (Wildman–Crippen LogP) is 1.66. The minimum Gasteiger partial charge on any atom is -0.389 e. The number of aromatic nitrogens is 1. The van der Waals surface area contributed by atoms with Crippen molar-refractivity contribution in [3.63, 3.8) is 0 Å². The van der Waals surface area contributed by atoms with E-state index < -0.39 is 0 Å². The second-order valence-electron chi connectivity index (χ2n) is 3.87. The van der Waals surface area contributed by atoms with Crippen LogP contribution in [0.25, 0.3) is 0 Å². The predicted molar refractivity (Wildman–Crippen MR) is 74.3 cm³/mol. The van der Waals surface area contributed by atoms with Gasteiger partial charge in [0.05, 0.1) is 5.56 Å².